The molecule has 10 aromatic rings. The Kier molecular flexibility index (Phi) is 6.18. The summed E-state index contributed by atoms with van der Waals surface area (Å²) < 4.78 is 13.2. The van der Waals surface area contributed by atoms with Gasteiger partial charge in [0.1, 0.15) is 16.7 Å². The summed E-state index contributed by atoms with van der Waals surface area (Å²) in [6, 6.07) is 62.0. The number of rotatable bonds is 5. The Balaban J connectivity index is 1.19. The molecule has 0 unspecified atom stereocenters. The molecule has 2 aromatic heterocycles. The molecule has 230 valence electrons. The van der Waals surface area contributed by atoms with Gasteiger partial charge in [-0.25, -0.2) is 0 Å². The van der Waals surface area contributed by atoms with Gasteiger partial charge in [-0.2, -0.15) is 0 Å². The topological polar surface area (TPSA) is 29.5 Å². The summed E-state index contributed by atoms with van der Waals surface area (Å²) in [6.45, 7) is 0. The highest BCUT2D eigenvalue weighted by Gasteiger charge is 2.23. The third-order valence-corrected chi connectivity index (χ3v) is 9.66. The van der Waals surface area contributed by atoms with E-state index < -0.39 is 0 Å². The second-order valence-corrected chi connectivity index (χ2v) is 12.5. The Morgan fingerprint density at radius 1 is 0.367 bits per heavy atom. The SMILES string of the molecule is c1ccc(-c2ccc(N(c3ccc(-c4ccc5ccccc5c4)cc3)c3ccc4c(c3)oc3ccccc34)c3oc4ccccc4c23)cc1. The van der Waals surface area contributed by atoms with Crippen LogP contribution in [0.5, 0.6) is 0 Å². The first-order valence-electron chi connectivity index (χ1n) is 16.6. The van der Waals surface area contributed by atoms with Crippen molar-refractivity contribution < 1.29 is 8.83 Å². The molecule has 0 N–H and O–H groups in total. The normalized spacial score (nSPS) is 11.7. The second kappa shape index (κ2) is 11.0. The molecule has 0 aliphatic heterocycles. The van der Waals surface area contributed by atoms with Gasteiger partial charge < -0.3 is 13.7 Å². The summed E-state index contributed by atoms with van der Waals surface area (Å²) in [6.07, 6.45) is 0. The van der Waals surface area contributed by atoms with Crippen LogP contribution in [0, 0.1) is 0 Å². The maximum Gasteiger partial charge on any atom is 0.160 e. The van der Waals surface area contributed by atoms with Crippen molar-refractivity contribution in [3.8, 4) is 22.3 Å². The molecule has 0 aliphatic rings. The lowest BCUT2D eigenvalue weighted by Gasteiger charge is -2.26. The molecule has 0 aliphatic carbocycles. The van der Waals surface area contributed by atoms with E-state index in [9.17, 15) is 0 Å². The highest BCUT2D eigenvalue weighted by molar-refractivity contribution is 6.17. The van der Waals surface area contributed by atoms with Gasteiger partial charge in [0.05, 0.1) is 11.4 Å². The number of para-hydroxylation sites is 2. The fourth-order valence-electron chi connectivity index (χ4n) is 7.30. The van der Waals surface area contributed by atoms with Crippen molar-refractivity contribution in [1.29, 1.82) is 0 Å². The molecule has 2 heterocycles. The molecule has 8 aromatic carbocycles. The minimum absolute atomic E-state index is 0.839. The zero-order valence-corrected chi connectivity index (χ0v) is 26.5. The first-order chi connectivity index (χ1) is 24.3. The molecular weight excluding hydrogens is 599 g/mol. The lowest BCUT2D eigenvalue weighted by molar-refractivity contribution is 0.667. The second-order valence-electron chi connectivity index (χ2n) is 12.5. The van der Waals surface area contributed by atoms with E-state index in [-0.39, 0.29) is 0 Å². The molecule has 0 fully saturated rings. The van der Waals surface area contributed by atoms with E-state index in [1.165, 1.54) is 16.3 Å². The molecule has 3 heteroatoms. The van der Waals surface area contributed by atoms with Gasteiger partial charge in [0.15, 0.2) is 5.58 Å². The highest BCUT2D eigenvalue weighted by Crippen LogP contribution is 2.46. The smallest absolute Gasteiger partial charge is 0.160 e. The molecule has 10 rings (SSSR count). The average Bonchev–Trinajstić information content (AvgIpc) is 3.74. The Hall–Kier alpha value is -6.58. The van der Waals surface area contributed by atoms with Crippen LogP contribution in [0.3, 0.4) is 0 Å². The van der Waals surface area contributed by atoms with Gasteiger partial charge in [0.2, 0.25) is 0 Å². The zero-order chi connectivity index (χ0) is 32.3. The van der Waals surface area contributed by atoms with E-state index in [0.29, 0.717) is 0 Å². The van der Waals surface area contributed by atoms with E-state index in [1.54, 1.807) is 0 Å². The number of hydrogen-bond acceptors (Lipinski definition) is 3. The van der Waals surface area contributed by atoms with Crippen LogP contribution in [0.4, 0.5) is 17.1 Å². The summed E-state index contributed by atoms with van der Waals surface area (Å²) in [7, 11) is 0. The van der Waals surface area contributed by atoms with Gasteiger partial charge in [-0.05, 0) is 81.6 Å². The van der Waals surface area contributed by atoms with Crippen molar-refractivity contribution in [3.05, 3.63) is 176 Å². The molecule has 0 atom stereocenters. The van der Waals surface area contributed by atoms with E-state index >= 15 is 0 Å². The van der Waals surface area contributed by atoms with E-state index in [2.05, 4.69) is 163 Å². The molecule has 3 nitrogen and oxygen atoms in total. The standard InChI is InChI=1S/C46H29NO2/c1-2-11-32(12-3-1)37-26-27-41(46-45(37)40-15-7-9-17-43(40)49-46)47(36-24-25-39-38-14-6-8-16-42(38)48-44(39)29-36)35-22-20-31(21-23-35)34-19-18-30-10-4-5-13-33(30)28-34/h1-29H. The Bertz CT molecular complexity index is 2830. The third-order valence-electron chi connectivity index (χ3n) is 9.66. The van der Waals surface area contributed by atoms with Gasteiger partial charge in [-0.15, -0.1) is 0 Å². The predicted octanol–water partition coefficient (Wildman–Crippen LogP) is 13.4. The van der Waals surface area contributed by atoms with Gasteiger partial charge in [-0.1, -0.05) is 121 Å². The predicted molar refractivity (Wildman–Crippen MR) is 204 cm³/mol. The summed E-state index contributed by atoms with van der Waals surface area (Å²) in [5.41, 5.74) is 11.0. The third kappa shape index (κ3) is 4.51. The van der Waals surface area contributed by atoms with Gasteiger partial charge in [0, 0.05) is 33.3 Å². The lowest BCUT2D eigenvalue weighted by Crippen LogP contribution is -2.10. The van der Waals surface area contributed by atoms with Gasteiger partial charge in [0.25, 0.3) is 0 Å². The number of furan rings is 2. The average molecular weight is 628 g/mol. The summed E-state index contributed by atoms with van der Waals surface area (Å²) in [5.74, 6) is 0. The number of anilines is 3. The minimum Gasteiger partial charge on any atom is -0.456 e. The monoisotopic (exact) mass is 627 g/mol. The first-order valence-corrected chi connectivity index (χ1v) is 16.6. The van der Waals surface area contributed by atoms with Crippen LogP contribution in [0.2, 0.25) is 0 Å². The quantitative estimate of drug-likeness (QED) is 0.190. The van der Waals surface area contributed by atoms with Crippen LogP contribution in [0.15, 0.2) is 185 Å². The molecule has 0 saturated carbocycles. The fraction of sp³-hybridized carbons (Fsp3) is 0. The Morgan fingerprint density at radius 3 is 1.86 bits per heavy atom. The van der Waals surface area contributed by atoms with Gasteiger partial charge >= 0.3 is 0 Å². The van der Waals surface area contributed by atoms with Crippen LogP contribution >= 0.6 is 0 Å². The van der Waals surface area contributed by atoms with Crippen LogP contribution < -0.4 is 4.90 Å². The molecule has 0 spiro atoms. The fourth-order valence-corrected chi connectivity index (χ4v) is 7.30. The van der Waals surface area contributed by atoms with Crippen molar-refractivity contribution in [2.24, 2.45) is 0 Å². The minimum atomic E-state index is 0.839. The molecule has 0 amide bonds. The maximum atomic E-state index is 6.77. The molecular formula is C46H29NO2. The van der Waals surface area contributed by atoms with Crippen molar-refractivity contribution in [3.63, 3.8) is 0 Å². The van der Waals surface area contributed by atoms with Crippen LogP contribution in [0.1, 0.15) is 0 Å². The number of benzene rings is 8. The van der Waals surface area contributed by atoms with Crippen molar-refractivity contribution in [2.45, 2.75) is 0 Å². The number of nitrogens with zero attached hydrogens (tertiary/aromatic N) is 1. The molecule has 0 bridgehead atoms. The van der Waals surface area contributed by atoms with E-state index in [1.807, 2.05) is 18.2 Å². The first kappa shape index (κ1) is 27.5. The van der Waals surface area contributed by atoms with E-state index in [4.69, 9.17) is 8.83 Å². The molecule has 49 heavy (non-hydrogen) atoms. The molecule has 0 saturated heterocycles. The zero-order valence-electron chi connectivity index (χ0n) is 26.5. The largest absolute Gasteiger partial charge is 0.456 e. The van der Waals surface area contributed by atoms with Gasteiger partial charge in [-0.3, -0.25) is 0 Å². The van der Waals surface area contributed by atoms with E-state index in [0.717, 1.165) is 77.6 Å². The lowest BCUT2D eigenvalue weighted by atomic mass is 9.98. The maximum absolute atomic E-state index is 6.77. The Labute approximate surface area is 282 Å². The number of hydrogen-bond donors (Lipinski definition) is 0. The summed E-state index contributed by atoms with van der Waals surface area (Å²) in [4.78, 5) is 2.29. The summed E-state index contributed by atoms with van der Waals surface area (Å²) in [5, 5.41) is 6.88. The summed E-state index contributed by atoms with van der Waals surface area (Å²) >= 11 is 0. The van der Waals surface area contributed by atoms with Crippen molar-refractivity contribution in [2.75, 3.05) is 4.90 Å². The van der Waals surface area contributed by atoms with Crippen molar-refractivity contribution >= 4 is 71.7 Å². The van der Waals surface area contributed by atoms with Crippen LogP contribution in [-0.4, -0.2) is 0 Å². The highest BCUT2D eigenvalue weighted by atomic mass is 16.3. The Morgan fingerprint density at radius 2 is 1.02 bits per heavy atom. The molecule has 0 radical (unpaired) electrons. The van der Waals surface area contributed by atoms with Crippen molar-refractivity contribution in [1.82, 2.24) is 0 Å². The number of fused-ring (bicyclic) bond motifs is 7. The van der Waals surface area contributed by atoms with Crippen LogP contribution in [-0.2, 0) is 0 Å². The van der Waals surface area contributed by atoms with Crippen LogP contribution in [0.25, 0.3) is 76.9 Å².